The molecule has 0 aliphatic carbocycles. The second-order valence-corrected chi connectivity index (χ2v) is 12.2. The molecule has 236 valence electrons. The summed E-state index contributed by atoms with van der Waals surface area (Å²) in [5.41, 5.74) is 2.40. The Morgan fingerprint density at radius 3 is 2.39 bits per heavy atom. The lowest BCUT2D eigenvalue weighted by Gasteiger charge is -2.27. The van der Waals surface area contributed by atoms with Crippen LogP contribution in [0.15, 0.2) is 69.7 Å². The molecular formula is C31H41N7O5S. The van der Waals surface area contributed by atoms with Gasteiger partial charge < -0.3 is 25.6 Å². The Morgan fingerprint density at radius 2 is 1.75 bits per heavy atom. The monoisotopic (exact) mass is 623 g/mol. The van der Waals surface area contributed by atoms with Gasteiger partial charge in [-0.1, -0.05) is 25.1 Å². The third-order valence-corrected chi connectivity index (χ3v) is 8.76. The van der Waals surface area contributed by atoms with Gasteiger partial charge in [0.2, 0.25) is 0 Å². The number of aliphatic hydroxyl groups excluding tert-OH is 2. The SMILES string of the molecule is CCC(C)N(CCO)CCS(=O)(=O)c1ccc(/N=N/c2c(Nc3ccccc3)nc(NCCOCCO)c(C#N)c2C)cc1. The summed E-state index contributed by atoms with van der Waals surface area (Å²) in [6.45, 7) is 7.34. The third-order valence-electron chi connectivity index (χ3n) is 7.05. The average molecular weight is 624 g/mol. The molecule has 3 aromatic rings. The molecule has 0 aliphatic heterocycles. The van der Waals surface area contributed by atoms with Crippen LogP contribution >= 0.6 is 0 Å². The predicted octanol–water partition coefficient (Wildman–Crippen LogP) is 4.71. The van der Waals surface area contributed by atoms with E-state index in [1.807, 2.05) is 49.1 Å². The van der Waals surface area contributed by atoms with Crippen LogP contribution in [0, 0.1) is 18.3 Å². The van der Waals surface area contributed by atoms with Gasteiger partial charge in [-0.15, -0.1) is 5.11 Å². The highest BCUT2D eigenvalue weighted by atomic mass is 32.2. The number of hydrogen-bond acceptors (Lipinski definition) is 12. The number of benzene rings is 2. The van der Waals surface area contributed by atoms with Crippen LogP contribution in [0.1, 0.15) is 31.4 Å². The Morgan fingerprint density at radius 1 is 1.02 bits per heavy atom. The van der Waals surface area contributed by atoms with E-state index in [1.165, 1.54) is 12.1 Å². The van der Waals surface area contributed by atoms with Crippen LogP contribution in [-0.4, -0.2) is 86.4 Å². The Bertz CT molecular complexity index is 1510. The molecule has 44 heavy (non-hydrogen) atoms. The number of anilines is 3. The number of nitrogens with one attached hydrogen (secondary N) is 2. The summed E-state index contributed by atoms with van der Waals surface area (Å²) in [5.74, 6) is 0.668. The van der Waals surface area contributed by atoms with Gasteiger partial charge in [0.1, 0.15) is 17.6 Å². The van der Waals surface area contributed by atoms with E-state index in [0.29, 0.717) is 60.4 Å². The van der Waals surface area contributed by atoms with E-state index in [9.17, 15) is 18.8 Å². The molecule has 1 unspecified atom stereocenters. The van der Waals surface area contributed by atoms with Crippen molar-refractivity contribution in [3.63, 3.8) is 0 Å². The molecule has 1 heterocycles. The zero-order valence-corrected chi connectivity index (χ0v) is 26.2. The van der Waals surface area contributed by atoms with E-state index in [0.717, 1.165) is 12.1 Å². The molecule has 0 amide bonds. The highest BCUT2D eigenvalue weighted by molar-refractivity contribution is 7.91. The number of sulfone groups is 1. The maximum absolute atomic E-state index is 13.0. The number of azo groups is 1. The number of aromatic nitrogens is 1. The van der Waals surface area contributed by atoms with Gasteiger partial charge in [0.25, 0.3) is 0 Å². The molecule has 0 aliphatic rings. The van der Waals surface area contributed by atoms with Crippen LogP contribution < -0.4 is 10.6 Å². The highest BCUT2D eigenvalue weighted by Gasteiger charge is 2.20. The number of ether oxygens (including phenoxy) is 1. The molecule has 13 heteroatoms. The Hall–Kier alpha value is -3.93. The van der Waals surface area contributed by atoms with E-state index in [-0.39, 0.29) is 36.5 Å². The minimum Gasteiger partial charge on any atom is -0.395 e. The number of pyridine rings is 1. The summed E-state index contributed by atoms with van der Waals surface area (Å²) in [4.78, 5) is 6.79. The van der Waals surface area contributed by atoms with Crippen molar-refractivity contribution in [3.05, 3.63) is 65.7 Å². The van der Waals surface area contributed by atoms with Crippen molar-refractivity contribution in [2.45, 2.75) is 38.1 Å². The molecule has 12 nitrogen and oxygen atoms in total. The van der Waals surface area contributed by atoms with Gasteiger partial charge in [-0.25, -0.2) is 13.4 Å². The zero-order valence-electron chi connectivity index (χ0n) is 25.4. The standard InChI is InChI=1S/C31H41N7O5S/c1-4-23(2)38(15-17-39)16-21-44(41,42)27-12-10-26(11-13-27)36-37-29-24(3)28(22-32)30(33-14-19-43-20-18-40)35-31(29)34-25-8-6-5-7-9-25/h5-13,23,39-40H,4,14-21H2,1-3H3,(H2,33,34,35)/b37-36+. The second kappa shape index (κ2) is 17.4. The highest BCUT2D eigenvalue weighted by Crippen LogP contribution is 2.36. The summed E-state index contributed by atoms with van der Waals surface area (Å²) < 4.78 is 31.3. The van der Waals surface area contributed by atoms with Gasteiger partial charge in [-0.2, -0.15) is 10.4 Å². The largest absolute Gasteiger partial charge is 0.395 e. The average Bonchev–Trinajstić information content (AvgIpc) is 3.03. The Balaban J connectivity index is 1.86. The van der Waals surface area contributed by atoms with E-state index >= 15 is 0 Å². The van der Waals surface area contributed by atoms with Crippen molar-refractivity contribution in [2.24, 2.45) is 10.2 Å². The number of nitrogens with zero attached hydrogens (tertiary/aromatic N) is 5. The van der Waals surface area contributed by atoms with Crippen molar-refractivity contribution in [1.82, 2.24) is 9.88 Å². The van der Waals surface area contributed by atoms with Crippen LogP contribution in [0.25, 0.3) is 0 Å². The first-order valence-electron chi connectivity index (χ1n) is 14.5. The number of hydrogen-bond donors (Lipinski definition) is 4. The Labute approximate surface area is 259 Å². The first-order chi connectivity index (χ1) is 21.2. The third kappa shape index (κ3) is 9.80. The Kier molecular flexibility index (Phi) is 13.7. The molecule has 0 spiro atoms. The van der Waals surface area contributed by atoms with E-state index in [2.05, 4.69) is 31.9 Å². The van der Waals surface area contributed by atoms with Gasteiger partial charge in [-0.3, -0.25) is 4.90 Å². The summed E-state index contributed by atoms with van der Waals surface area (Å²) >= 11 is 0. The van der Waals surface area contributed by atoms with Gasteiger partial charge in [0, 0.05) is 36.9 Å². The number of rotatable bonds is 18. The summed E-state index contributed by atoms with van der Waals surface area (Å²) in [5, 5.41) is 43.3. The number of nitriles is 1. The molecule has 3 rings (SSSR count). The normalized spacial score (nSPS) is 12.4. The zero-order chi connectivity index (χ0) is 32.0. The molecule has 0 saturated heterocycles. The van der Waals surface area contributed by atoms with Crippen LogP contribution in [-0.2, 0) is 14.6 Å². The minimum absolute atomic E-state index is 0.0306. The molecule has 4 N–H and O–H groups in total. The predicted molar refractivity (Wildman–Crippen MR) is 171 cm³/mol. The van der Waals surface area contributed by atoms with Crippen molar-refractivity contribution in [3.8, 4) is 6.07 Å². The first kappa shape index (κ1) is 34.6. The lowest BCUT2D eigenvalue weighted by atomic mass is 10.1. The molecule has 0 saturated carbocycles. The first-order valence-corrected chi connectivity index (χ1v) is 16.2. The number of aliphatic hydroxyl groups is 2. The fourth-order valence-corrected chi connectivity index (χ4v) is 5.62. The van der Waals surface area contributed by atoms with Gasteiger partial charge in [0.05, 0.1) is 48.3 Å². The smallest absolute Gasteiger partial charge is 0.179 e. The van der Waals surface area contributed by atoms with Crippen LogP contribution in [0.5, 0.6) is 0 Å². The molecule has 1 aromatic heterocycles. The van der Waals surface area contributed by atoms with Crippen LogP contribution in [0.3, 0.4) is 0 Å². The maximum Gasteiger partial charge on any atom is 0.179 e. The van der Waals surface area contributed by atoms with Crippen molar-refractivity contribution < 1.29 is 23.4 Å². The summed E-state index contributed by atoms with van der Waals surface area (Å²) in [6, 6.07) is 17.9. The van der Waals surface area contributed by atoms with Gasteiger partial charge >= 0.3 is 0 Å². The molecular weight excluding hydrogens is 582 g/mol. The molecule has 0 radical (unpaired) electrons. The minimum atomic E-state index is -3.55. The quantitative estimate of drug-likeness (QED) is 0.115. The van der Waals surface area contributed by atoms with E-state index in [1.54, 1.807) is 19.1 Å². The summed E-state index contributed by atoms with van der Waals surface area (Å²) in [7, 11) is -3.55. The molecule has 0 fully saturated rings. The fraction of sp³-hybridized carbons (Fsp3) is 0.419. The van der Waals surface area contributed by atoms with Crippen molar-refractivity contribution in [2.75, 3.05) is 62.4 Å². The fourth-order valence-electron chi connectivity index (χ4n) is 4.36. The number of para-hydroxylation sites is 1. The topological polar surface area (TPSA) is 173 Å². The lowest BCUT2D eigenvalue weighted by molar-refractivity contribution is 0.0992. The summed E-state index contributed by atoms with van der Waals surface area (Å²) in [6.07, 6.45) is 0.854. The van der Waals surface area contributed by atoms with Gasteiger partial charge in [-0.05, 0) is 56.7 Å². The van der Waals surface area contributed by atoms with E-state index < -0.39 is 9.84 Å². The van der Waals surface area contributed by atoms with Crippen LogP contribution in [0.4, 0.5) is 28.7 Å². The van der Waals surface area contributed by atoms with Crippen LogP contribution in [0.2, 0.25) is 0 Å². The molecule has 0 bridgehead atoms. The van der Waals surface area contributed by atoms with Gasteiger partial charge in [0.15, 0.2) is 15.7 Å². The van der Waals surface area contributed by atoms with Crippen molar-refractivity contribution in [1.29, 1.82) is 5.26 Å². The maximum atomic E-state index is 13.0. The van der Waals surface area contributed by atoms with Crippen molar-refractivity contribution >= 4 is 38.5 Å². The molecule has 2 aromatic carbocycles. The van der Waals surface area contributed by atoms with E-state index in [4.69, 9.17) is 9.84 Å². The molecule has 1 atom stereocenters. The lowest BCUT2D eigenvalue weighted by Crippen LogP contribution is -2.38. The second-order valence-electron chi connectivity index (χ2n) is 10.1.